The number of hydrogen-bond donors (Lipinski definition) is 2. The largest absolute Gasteiger partial charge is 0.395 e. The third-order valence-corrected chi connectivity index (χ3v) is 1.01. The molecule has 0 heterocycles. The number of aliphatic hydroxyl groups excluding tert-OH is 1. The van der Waals surface area contributed by atoms with Gasteiger partial charge in [0.25, 0.3) is 0 Å². The van der Waals surface area contributed by atoms with E-state index in [2.05, 4.69) is 11.4 Å². The van der Waals surface area contributed by atoms with Crippen LogP contribution in [-0.4, -0.2) is 24.8 Å². The summed E-state index contributed by atoms with van der Waals surface area (Å²) >= 11 is 0. The Balaban J connectivity index is 2.75. The molecule has 0 aliphatic rings. The molecule has 2 nitrogen and oxygen atoms in total. The van der Waals surface area contributed by atoms with Crippen molar-refractivity contribution in [2.24, 2.45) is 0 Å². The van der Waals surface area contributed by atoms with Gasteiger partial charge in [-0.15, -0.1) is 0 Å². The lowest BCUT2D eigenvalue weighted by Crippen LogP contribution is -2.18. The lowest BCUT2D eigenvalue weighted by atomic mass is 10.4. The summed E-state index contributed by atoms with van der Waals surface area (Å²) in [5.74, 6) is 0. The van der Waals surface area contributed by atoms with E-state index in [0.717, 1.165) is 13.0 Å². The first-order chi connectivity index (χ1) is 4.41. The van der Waals surface area contributed by atoms with Crippen molar-refractivity contribution >= 4 is 0 Å². The second kappa shape index (κ2) is 7.66. The standard InChI is InChI=1S/C7H15NO/c1-2-3-4-5-8-6-7-9/h2-3,8-9H,4-7H2,1H3/b3-2+. The summed E-state index contributed by atoms with van der Waals surface area (Å²) < 4.78 is 0. The van der Waals surface area contributed by atoms with Gasteiger partial charge in [0.15, 0.2) is 0 Å². The van der Waals surface area contributed by atoms with Gasteiger partial charge in [0.2, 0.25) is 0 Å². The number of hydrogen-bond acceptors (Lipinski definition) is 2. The highest BCUT2D eigenvalue weighted by molar-refractivity contribution is 4.77. The predicted molar refractivity (Wildman–Crippen MR) is 39.4 cm³/mol. The fraction of sp³-hybridized carbons (Fsp3) is 0.714. The van der Waals surface area contributed by atoms with Gasteiger partial charge in [0.1, 0.15) is 0 Å². The summed E-state index contributed by atoms with van der Waals surface area (Å²) in [5, 5.41) is 11.4. The van der Waals surface area contributed by atoms with E-state index >= 15 is 0 Å². The SMILES string of the molecule is C/C=C/CCNCCO. The van der Waals surface area contributed by atoms with Crippen LogP contribution in [0.15, 0.2) is 12.2 Å². The normalized spacial score (nSPS) is 10.9. The quantitative estimate of drug-likeness (QED) is 0.419. The van der Waals surface area contributed by atoms with Gasteiger partial charge in [-0.05, 0) is 19.9 Å². The van der Waals surface area contributed by atoms with Crippen LogP contribution < -0.4 is 5.32 Å². The third kappa shape index (κ3) is 7.66. The van der Waals surface area contributed by atoms with E-state index in [9.17, 15) is 0 Å². The van der Waals surface area contributed by atoms with Gasteiger partial charge < -0.3 is 10.4 Å². The lowest BCUT2D eigenvalue weighted by molar-refractivity contribution is 0.293. The van der Waals surface area contributed by atoms with Crippen molar-refractivity contribution in [2.45, 2.75) is 13.3 Å². The van der Waals surface area contributed by atoms with Crippen LogP contribution in [0.1, 0.15) is 13.3 Å². The molecule has 2 heteroatoms. The van der Waals surface area contributed by atoms with Crippen molar-refractivity contribution in [3.8, 4) is 0 Å². The number of nitrogens with one attached hydrogen (secondary N) is 1. The zero-order chi connectivity index (χ0) is 6.95. The van der Waals surface area contributed by atoms with E-state index in [1.165, 1.54) is 0 Å². The molecule has 54 valence electrons. The highest BCUT2D eigenvalue weighted by Gasteiger charge is 1.79. The molecular weight excluding hydrogens is 114 g/mol. The average Bonchev–Trinajstić information content (AvgIpc) is 1.89. The molecule has 0 saturated carbocycles. The van der Waals surface area contributed by atoms with Gasteiger partial charge in [0.05, 0.1) is 6.61 Å². The van der Waals surface area contributed by atoms with Crippen molar-refractivity contribution in [3.63, 3.8) is 0 Å². The van der Waals surface area contributed by atoms with Crippen molar-refractivity contribution in [2.75, 3.05) is 19.7 Å². The minimum absolute atomic E-state index is 0.232. The average molecular weight is 129 g/mol. The topological polar surface area (TPSA) is 32.3 Å². The number of allylic oxidation sites excluding steroid dienone is 1. The van der Waals surface area contributed by atoms with Crippen molar-refractivity contribution < 1.29 is 5.11 Å². The second-order valence-electron chi connectivity index (χ2n) is 1.83. The van der Waals surface area contributed by atoms with Gasteiger partial charge in [-0.3, -0.25) is 0 Å². The van der Waals surface area contributed by atoms with Crippen LogP contribution in [0.3, 0.4) is 0 Å². The molecule has 0 saturated heterocycles. The second-order valence-corrected chi connectivity index (χ2v) is 1.83. The zero-order valence-corrected chi connectivity index (χ0v) is 5.93. The van der Waals surface area contributed by atoms with Crippen LogP contribution in [-0.2, 0) is 0 Å². The molecule has 0 aromatic carbocycles. The van der Waals surface area contributed by atoms with Gasteiger partial charge in [-0.2, -0.15) is 0 Å². The minimum atomic E-state index is 0.232. The third-order valence-electron chi connectivity index (χ3n) is 1.01. The van der Waals surface area contributed by atoms with E-state index in [4.69, 9.17) is 5.11 Å². The summed E-state index contributed by atoms with van der Waals surface area (Å²) in [6, 6.07) is 0. The monoisotopic (exact) mass is 129 g/mol. The maximum absolute atomic E-state index is 8.34. The molecule has 0 radical (unpaired) electrons. The number of aliphatic hydroxyl groups is 1. The summed E-state index contributed by atoms with van der Waals surface area (Å²) in [6.07, 6.45) is 5.18. The van der Waals surface area contributed by atoms with Crippen molar-refractivity contribution in [1.29, 1.82) is 0 Å². The van der Waals surface area contributed by atoms with Crippen LogP contribution in [0.25, 0.3) is 0 Å². The molecule has 0 bridgehead atoms. The summed E-state index contributed by atoms with van der Waals surface area (Å²) in [4.78, 5) is 0. The maximum Gasteiger partial charge on any atom is 0.0555 e. The Bertz CT molecular complexity index is 71.3. The lowest BCUT2D eigenvalue weighted by Gasteiger charge is -1.96. The van der Waals surface area contributed by atoms with E-state index in [1.807, 2.05) is 13.0 Å². The predicted octanol–water partition coefficient (Wildman–Crippen LogP) is 0.534. The Morgan fingerprint density at radius 2 is 2.22 bits per heavy atom. The first-order valence-electron chi connectivity index (χ1n) is 3.34. The maximum atomic E-state index is 8.34. The molecule has 0 atom stereocenters. The molecule has 2 N–H and O–H groups in total. The summed E-state index contributed by atoms with van der Waals surface area (Å²) in [6.45, 7) is 3.91. The Hall–Kier alpha value is -0.340. The van der Waals surface area contributed by atoms with Gasteiger partial charge in [-0.1, -0.05) is 12.2 Å². The molecule has 0 fully saturated rings. The highest BCUT2D eigenvalue weighted by Crippen LogP contribution is 1.77. The van der Waals surface area contributed by atoms with Crippen LogP contribution >= 0.6 is 0 Å². The Kier molecular flexibility index (Phi) is 7.37. The Morgan fingerprint density at radius 1 is 1.44 bits per heavy atom. The van der Waals surface area contributed by atoms with Crippen LogP contribution in [0.4, 0.5) is 0 Å². The molecule has 0 unspecified atom stereocenters. The number of rotatable bonds is 5. The molecule has 0 rings (SSSR count). The Morgan fingerprint density at radius 3 is 2.78 bits per heavy atom. The molecular formula is C7H15NO. The molecule has 0 amide bonds. The van der Waals surface area contributed by atoms with E-state index in [1.54, 1.807) is 0 Å². The smallest absolute Gasteiger partial charge is 0.0555 e. The van der Waals surface area contributed by atoms with Crippen LogP contribution in [0, 0.1) is 0 Å². The van der Waals surface area contributed by atoms with Crippen molar-refractivity contribution in [1.82, 2.24) is 5.32 Å². The van der Waals surface area contributed by atoms with Crippen LogP contribution in [0.5, 0.6) is 0 Å². The molecule has 0 aliphatic heterocycles. The molecule has 0 aromatic heterocycles. The Labute approximate surface area is 56.6 Å². The van der Waals surface area contributed by atoms with Gasteiger partial charge >= 0.3 is 0 Å². The fourth-order valence-corrected chi connectivity index (χ4v) is 0.556. The molecule has 0 aliphatic carbocycles. The molecule has 0 spiro atoms. The van der Waals surface area contributed by atoms with E-state index in [-0.39, 0.29) is 6.61 Å². The van der Waals surface area contributed by atoms with E-state index < -0.39 is 0 Å². The van der Waals surface area contributed by atoms with Gasteiger partial charge in [-0.25, -0.2) is 0 Å². The van der Waals surface area contributed by atoms with Gasteiger partial charge in [0, 0.05) is 6.54 Å². The highest BCUT2D eigenvalue weighted by atomic mass is 16.3. The first kappa shape index (κ1) is 8.66. The first-order valence-corrected chi connectivity index (χ1v) is 3.34. The minimum Gasteiger partial charge on any atom is -0.395 e. The summed E-state index contributed by atoms with van der Waals surface area (Å²) in [7, 11) is 0. The summed E-state index contributed by atoms with van der Waals surface area (Å²) in [5.41, 5.74) is 0. The zero-order valence-electron chi connectivity index (χ0n) is 5.93. The van der Waals surface area contributed by atoms with E-state index in [0.29, 0.717) is 6.54 Å². The van der Waals surface area contributed by atoms with Crippen molar-refractivity contribution in [3.05, 3.63) is 12.2 Å². The fourth-order valence-electron chi connectivity index (χ4n) is 0.556. The molecule has 9 heavy (non-hydrogen) atoms. The molecule has 0 aromatic rings. The van der Waals surface area contributed by atoms with Crippen LogP contribution in [0.2, 0.25) is 0 Å².